The molecule has 2 fully saturated rings. The standard InChI is InChI=1S/C23H33N3O2/c1-17-15-26(21-10-6-5-9-20(17)21)16-22(27)24-19-11-13-25(14-12-19)23(28)18-7-3-2-4-8-18/h5-6,9-10,17-19H,2-4,7-8,11-16H2,1H3,(H,24,27). The van der Waals surface area contributed by atoms with Crippen molar-refractivity contribution in [2.24, 2.45) is 5.92 Å². The molecule has 1 aromatic rings. The molecule has 0 spiro atoms. The van der Waals surface area contributed by atoms with Gasteiger partial charge >= 0.3 is 0 Å². The van der Waals surface area contributed by atoms with Crippen molar-refractivity contribution in [2.45, 2.75) is 63.8 Å². The molecule has 2 amide bonds. The van der Waals surface area contributed by atoms with Gasteiger partial charge in [-0.2, -0.15) is 0 Å². The van der Waals surface area contributed by atoms with Crippen molar-refractivity contribution in [3.8, 4) is 0 Å². The zero-order valence-corrected chi connectivity index (χ0v) is 17.0. The third-order valence-electron chi connectivity index (χ3n) is 6.76. The maximum atomic E-state index is 12.7. The number of carbonyl (C=O) groups is 2. The predicted molar refractivity (Wildman–Crippen MR) is 111 cm³/mol. The van der Waals surface area contributed by atoms with Gasteiger partial charge in [-0.1, -0.05) is 44.4 Å². The highest BCUT2D eigenvalue weighted by Crippen LogP contribution is 2.35. The topological polar surface area (TPSA) is 52.7 Å². The van der Waals surface area contributed by atoms with Gasteiger partial charge in [0, 0.05) is 43.2 Å². The number of carbonyl (C=O) groups excluding carboxylic acids is 2. The first-order chi connectivity index (χ1) is 13.6. The molecule has 0 aromatic heterocycles. The first-order valence-electron chi connectivity index (χ1n) is 11.0. The molecule has 1 atom stereocenters. The van der Waals surface area contributed by atoms with E-state index in [-0.39, 0.29) is 17.9 Å². The van der Waals surface area contributed by atoms with Crippen LogP contribution in [0.25, 0.3) is 0 Å². The number of nitrogens with one attached hydrogen (secondary N) is 1. The third kappa shape index (κ3) is 4.18. The first kappa shape index (κ1) is 19.3. The van der Waals surface area contributed by atoms with E-state index in [1.807, 2.05) is 11.0 Å². The molecular formula is C23H33N3O2. The molecule has 1 saturated heterocycles. The first-order valence-corrected chi connectivity index (χ1v) is 11.0. The third-order valence-corrected chi connectivity index (χ3v) is 6.76. The Labute approximate surface area is 168 Å². The SMILES string of the molecule is CC1CN(CC(=O)NC2CCN(C(=O)C3CCCCC3)CC2)c2ccccc21. The number of rotatable bonds is 4. The van der Waals surface area contributed by atoms with Crippen LogP contribution in [0, 0.1) is 5.92 Å². The van der Waals surface area contributed by atoms with Crippen LogP contribution < -0.4 is 10.2 Å². The summed E-state index contributed by atoms with van der Waals surface area (Å²) in [5.41, 5.74) is 2.53. The number of anilines is 1. The highest BCUT2D eigenvalue weighted by molar-refractivity contribution is 5.83. The Morgan fingerprint density at radius 1 is 1.04 bits per heavy atom. The Bertz CT molecular complexity index is 706. The summed E-state index contributed by atoms with van der Waals surface area (Å²) in [4.78, 5) is 29.5. The molecule has 5 heteroatoms. The van der Waals surface area contributed by atoms with Crippen LogP contribution in [0.3, 0.4) is 0 Å². The zero-order valence-electron chi connectivity index (χ0n) is 17.0. The fourth-order valence-corrected chi connectivity index (χ4v) is 5.17. The largest absolute Gasteiger partial charge is 0.361 e. The van der Waals surface area contributed by atoms with Gasteiger partial charge in [-0.25, -0.2) is 0 Å². The predicted octanol–water partition coefficient (Wildman–Crippen LogP) is 3.30. The van der Waals surface area contributed by atoms with Crippen molar-refractivity contribution >= 4 is 17.5 Å². The van der Waals surface area contributed by atoms with E-state index in [1.165, 1.54) is 30.5 Å². The Balaban J connectivity index is 1.24. The maximum Gasteiger partial charge on any atom is 0.239 e. The van der Waals surface area contributed by atoms with E-state index < -0.39 is 0 Å². The van der Waals surface area contributed by atoms with E-state index in [9.17, 15) is 9.59 Å². The zero-order chi connectivity index (χ0) is 19.5. The van der Waals surface area contributed by atoms with E-state index in [2.05, 4.69) is 35.3 Å². The summed E-state index contributed by atoms with van der Waals surface area (Å²) in [6, 6.07) is 8.58. The minimum Gasteiger partial charge on any atom is -0.361 e. The minimum atomic E-state index is 0.0981. The Kier molecular flexibility index (Phi) is 5.88. The van der Waals surface area contributed by atoms with Crippen LogP contribution in [0.4, 0.5) is 5.69 Å². The number of hydrogen-bond donors (Lipinski definition) is 1. The van der Waals surface area contributed by atoms with Crippen LogP contribution in [0.5, 0.6) is 0 Å². The molecule has 1 N–H and O–H groups in total. The van der Waals surface area contributed by atoms with Gasteiger partial charge < -0.3 is 15.1 Å². The molecule has 3 aliphatic rings. The number of benzene rings is 1. The molecule has 28 heavy (non-hydrogen) atoms. The van der Waals surface area contributed by atoms with Crippen LogP contribution in [-0.4, -0.2) is 48.9 Å². The van der Waals surface area contributed by atoms with Crippen molar-refractivity contribution in [3.63, 3.8) is 0 Å². The summed E-state index contributed by atoms with van der Waals surface area (Å²) in [6.45, 7) is 5.10. The van der Waals surface area contributed by atoms with E-state index in [0.29, 0.717) is 18.4 Å². The van der Waals surface area contributed by atoms with Crippen molar-refractivity contribution in [1.29, 1.82) is 0 Å². The lowest BCUT2D eigenvalue weighted by Crippen LogP contribution is -2.49. The monoisotopic (exact) mass is 383 g/mol. The summed E-state index contributed by atoms with van der Waals surface area (Å²) in [5.74, 6) is 1.17. The number of piperidine rings is 1. The van der Waals surface area contributed by atoms with E-state index in [1.54, 1.807) is 0 Å². The second-order valence-electron chi connectivity index (χ2n) is 8.84. The molecule has 4 rings (SSSR count). The average Bonchev–Trinajstić information content (AvgIpc) is 3.04. The van der Waals surface area contributed by atoms with Gasteiger partial charge in [-0.15, -0.1) is 0 Å². The Morgan fingerprint density at radius 3 is 2.50 bits per heavy atom. The summed E-state index contributed by atoms with van der Waals surface area (Å²) in [5, 5.41) is 3.21. The van der Waals surface area contributed by atoms with Gasteiger partial charge in [0.05, 0.1) is 6.54 Å². The van der Waals surface area contributed by atoms with Crippen molar-refractivity contribution < 1.29 is 9.59 Å². The number of fused-ring (bicyclic) bond motifs is 1. The smallest absolute Gasteiger partial charge is 0.239 e. The Hall–Kier alpha value is -2.04. The van der Waals surface area contributed by atoms with Crippen LogP contribution in [0.2, 0.25) is 0 Å². The number of nitrogens with zero attached hydrogens (tertiary/aromatic N) is 2. The van der Waals surface area contributed by atoms with Gasteiger partial charge in [0.15, 0.2) is 0 Å². The van der Waals surface area contributed by atoms with Crippen LogP contribution in [0.1, 0.15) is 63.4 Å². The molecule has 2 aliphatic heterocycles. The highest BCUT2D eigenvalue weighted by atomic mass is 16.2. The summed E-state index contributed by atoms with van der Waals surface area (Å²) >= 11 is 0. The van der Waals surface area contributed by atoms with Gasteiger partial charge in [-0.3, -0.25) is 9.59 Å². The molecular weight excluding hydrogens is 350 g/mol. The molecule has 1 aliphatic carbocycles. The lowest BCUT2D eigenvalue weighted by molar-refractivity contribution is -0.137. The fourth-order valence-electron chi connectivity index (χ4n) is 5.17. The minimum absolute atomic E-state index is 0.0981. The molecule has 0 bridgehead atoms. The van der Waals surface area contributed by atoms with Crippen molar-refractivity contribution in [3.05, 3.63) is 29.8 Å². The molecule has 2 heterocycles. The maximum absolute atomic E-state index is 12.7. The lowest BCUT2D eigenvalue weighted by atomic mass is 9.87. The van der Waals surface area contributed by atoms with E-state index in [0.717, 1.165) is 45.3 Å². The van der Waals surface area contributed by atoms with Crippen LogP contribution in [0.15, 0.2) is 24.3 Å². The molecule has 1 saturated carbocycles. The fraction of sp³-hybridized carbons (Fsp3) is 0.652. The van der Waals surface area contributed by atoms with E-state index in [4.69, 9.17) is 0 Å². The summed E-state index contributed by atoms with van der Waals surface area (Å²) < 4.78 is 0. The lowest BCUT2D eigenvalue weighted by Gasteiger charge is -2.35. The summed E-state index contributed by atoms with van der Waals surface area (Å²) in [6.07, 6.45) is 7.53. The van der Waals surface area contributed by atoms with Gasteiger partial charge in [0.2, 0.25) is 11.8 Å². The van der Waals surface area contributed by atoms with Crippen molar-refractivity contribution in [2.75, 3.05) is 31.1 Å². The molecule has 152 valence electrons. The van der Waals surface area contributed by atoms with E-state index >= 15 is 0 Å². The second kappa shape index (κ2) is 8.54. The normalized spacial score (nSPS) is 23.5. The van der Waals surface area contributed by atoms with Gasteiger partial charge in [-0.05, 0) is 37.3 Å². The molecule has 1 aromatic carbocycles. The number of hydrogen-bond acceptors (Lipinski definition) is 3. The number of amides is 2. The Morgan fingerprint density at radius 2 is 1.75 bits per heavy atom. The average molecular weight is 384 g/mol. The van der Waals surface area contributed by atoms with Crippen molar-refractivity contribution in [1.82, 2.24) is 10.2 Å². The summed E-state index contributed by atoms with van der Waals surface area (Å²) in [7, 11) is 0. The molecule has 5 nitrogen and oxygen atoms in total. The highest BCUT2D eigenvalue weighted by Gasteiger charge is 2.30. The van der Waals surface area contributed by atoms with Crippen LogP contribution >= 0.6 is 0 Å². The number of para-hydroxylation sites is 1. The van der Waals surface area contributed by atoms with Gasteiger partial charge in [0.1, 0.15) is 0 Å². The molecule has 0 radical (unpaired) electrons. The quantitative estimate of drug-likeness (QED) is 0.868. The number of likely N-dealkylation sites (tertiary alicyclic amines) is 1. The second-order valence-corrected chi connectivity index (χ2v) is 8.84. The van der Waals surface area contributed by atoms with Gasteiger partial charge in [0.25, 0.3) is 0 Å². The molecule has 1 unspecified atom stereocenters. The van der Waals surface area contributed by atoms with Crippen LogP contribution in [-0.2, 0) is 9.59 Å².